The average Bonchev–Trinajstić information content (AvgIpc) is 3.41. The van der Waals surface area contributed by atoms with Gasteiger partial charge in [0.05, 0.1) is 20.1 Å². The maximum atomic E-state index is 12.6. The van der Waals surface area contributed by atoms with Gasteiger partial charge < -0.3 is 23.6 Å². The molecule has 0 radical (unpaired) electrons. The second-order valence-corrected chi connectivity index (χ2v) is 7.38. The van der Waals surface area contributed by atoms with Gasteiger partial charge in [-0.3, -0.25) is 4.79 Å². The third kappa shape index (κ3) is 5.18. The number of carbonyl (C=O) groups is 1. The van der Waals surface area contributed by atoms with Crippen molar-refractivity contribution in [2.45, 2.75) is 25.2 Å². The van der Waals surface area contributed by atoms with Gasteiger partial charge in [0.2, 0.25) is 17.6 Å². The monoisotopic (exact) mass is 463 g/mol. The number of alkyl halides is 3. The van der Waals surface area contributed by atoms with Crippen molar-refractivity contribution in [1.29, 1.82) is 0 Å². The maximum Gasteiger partial charge on any atom is 0.573 e. The van der Waals surface area contributed by atoms with Crippen LogP contribution in [0.15, 0.2) is 47.0 Å². The van der Waals surface area contributed by atoms with Crippen molar-refractivity contribution in [2.75, 3.05) is 20.8 Å². The Bertz CT molecular complexity index is 1130. The average molecular weight is 463 g/mol. The first-order valence-electron chi connectivity index (χ1n) is 9.94. The molecule has 3 aromatic rings. The molecule has 8 nitrogen and oxygen atoms in total. The van der Waals surface area contributed by atoms with Crippen molar-refractivity contribution < 1.29 is 36.7 Å². The summed E-state index contributed by atoms with van der Waals surface area (Å²) < 4.78 is 56.7. The Morgan fingerprint density at radius 2 is 1.82 bits per heavy atom. The molecule has 1 saturated heterocycles. The maximum absolute atomic E-state index is 12.6. The molecule has 4 rings (SSSR count). The number of hydrogen-bond acceptors (Lipinski definition) is 7. The van der Waals surface area contributed by atoms with Crippen LogP contribution in [0.1, 0.15) is 23.8 Å². The topological polar surface area (TPSA) is 86.9 Å². The Morgan fingerprint density at radius 1 is 1.09 bits per heavy atom. The van der Waals surface area contributed by atoms with Crippen molar-refractivity contribution in [1.82, 2.24) is 15.0 Å². The predicted octanol–water partition coefficient (Wildman–Crippen LogP) is 4.17. The number of methoxy groups -OCH3 is 2. The molecule has 0 spiro atoms. The fourth-order valence-corrected chi connectivity index (χ4v) is 3.60. The third-order valence-electron chi connectivity index (χ3n) is 5.21. The molecule has 1 aliphatic rings. The Morgan fingerprint density at radius 3 is 2.48 bits per heavy atom. The molecule has 2 aromatic carbocycles. The summed E-state index contributed by atoms with van der Waals surface area (Å²) in [7, 11) is 3.11. The quantitative estimate of drug-likeness (QED) is 0.520. The predicted molar refractivity (Wildman–Crippen MR) is 109 cm³/mol. The molecular weight excluding hydrogens is 443 g/mol. The second kappa shape index (κ2) is 9.00. The first-order chi connectivity index (χ1) is 15.8. The zero-order chi connectivity index (χ0) is 23.6. The number of hydrogen-bond donors (Lipinski definition) is 0. The molecule has 0 saturated carbocycles. The minimum absolute atomic E-state index is 0.0636. The highest BCUT2D eigenvalue weighted by atomic mass is 19.4. The highest BCUT2D eigenvalue weighted by Gasteiger charge is 2.35. The summed E-state index contributed by atoms with van der Waals surface area (Å²) in [6, 6.07) is 10.5. The van der Waals surface area contributed by atoms with Crippen molar-refractivity contribution in [3.05, 3.63) is 53.9 Å². The van der Waals surface area contributed by atoms with E-state index in [1.165, 1.54) is 24.3 Å². The largest absolute Gasteiger partial charge is 0.573 e. The summed E-state index contributed by atoms with van der Waals surface area (Å²) in [5, 5.41) is 3.90. The van der Waals surface area contributed by atoms with Crippen LogP contribution in [0.5, 0.6) is 17.2 Å². The van der Waals surface area contributed by atoms with E-state index < -0.39 is 6.36 Å². The van der Waals surface area contributed by atoms with Gasteiger partial charge in [0, 0.05) is 36.7 Å². The van der Waals surface area contributed by atoms with Crippen LogP contribution in [0.4, 0.5) is 13.2 Å². The molecular formula is C22H20F3N3O5. The van der Waals surface area contributed by atoms with Crippen molar-refractivity contribution in [3.8, 4) is 28.6 Å². The van der Waals surface area contributed by atoms with Crippen molar-refractivity contribution in [3.63, 3.8) is 0 Å². The number of carbonyl (C=O) groups excluding carboxylic acids is 1. The van der Waals surface area contributed by atoms with Crippen LogP contribution in [-0.4, -0.2) is 48.1 Å². The van der Waals surface area contributed by atoms with E-state index in [1.807, 2.05) is 6.07 Å². The van der Waals surface area contributed by atoms with Crippen molar-refractivity contribution >= 4 is 5.91 Å². The summed E-state index contributed by atoms with van der Waals surface area (Å²) in [6.07, 6.45) is -4.56. The molecule has 0 aliphatic carbocycles. The van der Waals surface area contributed by atoms with Crippen LogP contribution < -0.4 is 14.2 Å². The van der Waals surface area contributed by atoms with Gasteiger partial charge in [-0.15, -0.1) is 13.2 Å². The summed E-state index contributed by atoms with van der Waals surface area (Å²) in [5.74, 6) is 1.06. The minimum Gasteiger partial charge on any atom is -0.497 e. The summed E-state index contributed by atoms with van der Waals surface area (Å²) in [4.78, 5) is 18.6. The second-order valence-electron chi connectivity index (χ2n) is 7.38. The van der Waals surface area contributed by atoms with Crippen LogP contribution >= 0.6 is 0 Å². The number of rotatable bonds is 7. The Labute approximate surface area is 186 Å². The first kappa shape index (κ1) is 22.4. The SMILES string of the molecule is COc1ccc(CN2CC(c3nc(-c4ccc(OC(F)(F)F)cc4)no3)CC2=O)c(OC)c1. The van der Waals surface area contributed by atoms with E-state index in [9.17, 15) is 18.0 Å². The zero-order valence-electron chi connectivity index (χ0n) is 17.8. The fourth-order valence-electron chi connectivity index (χ4n) is 3.60. The lowest BCUT2D eigenvalue weighted by Gasteiger charge is -2.18. The highest BCUT2D eigenvalue weighted by molar-refractivity contribution is 5.79. The van der Waals surface area contributed by atoms with Crippen LogP contribution in [0.3, 0.4) is 0 Å². The Balaban J connectivity index is 1.44. The van der Waals surface area contributed by atoms with E-state index in [1.54, 1.807) is 31.3 Å². The van der Waals surface area contributed by atoms with Gasteiger partial charge in [-0.05, 0) is 36.4 Å². The zero-order valence-corrected chi connectivity index (χ0v) is 17.8. The van der Waals surface area contributed by atoms with Gasteiger partial charge in [0.1, 0.15) is 17.2 Å². The van der Waals surface area contributed by atoms with Crippen LogP contribution in [0.2, 0.25) is 0 Å². The number of halogens is 3. The number of likely N-dealkylation sites (tertiary alicyclic amines) is 1. The normalized spacial score (nSPS) is 16.2. The van der Waals surface area contributed by atoms with Gasteiger partial charge in [0.15, 0.2) is 0 Å². The summed E-state index contributed by atoms with van der Waals surface area (Å²) in [5.41, 5.74) is 1.29. The molecule has 0 N–H and O–H groups in total. The molecule has 1 fully saturated rings. The summed E-state index contributed by atoms with van der Waals surface area (Å²) >= 11 is 0. The first-order valence-corrected chi connectivity index (χ1v) is 9.94. The number of nitrogens with zero attached hydrogens (tertiary/aromatic N) is 3. The summed E-state index contributed by atoms with van der Waals surface area (Å²) in [6.45, 7) is 0.734. The van der Waals surface area contributed by atoms with E-state index in [-0.39, 0.29) is 35.7 Å². The van der Waals surface area contributed by atoms with Gasteiger partial charge in [-0.2, -0.15) is 4.98 Å². The van der Waals surface area contributed by atoms with E-state index in [4.69, 9.17) is 14.0 Å². The molecule has 0 bridgehead atoms. The van der Waals surface area contributed by atoms with Gasteiger partial charge >= 0.3 is 6.36 Å². The van der Waals surface area contributed by atoms with Crippen molar-refractivity contribution in [2.24, 2.45) is 0 Å². The van der Waals surface area contributed by atoms with E-state index in [0.29, 0.717) is 30.2 Å². The minimum atomic E-state index is -4.77. The van der Waals surface area contributed by atoms with E-state index in [0.717, 1.165) is 5.56 Å². The van der Waals surface area contributed by atoms with Gasteiger partial charge in [-0.1, -0.05) is 5.16 Å². The van der Waals surface area contributed by atoms with Crippen LogP contribution in [-0.2, 0) is 11.3 Å². The Kier molecular flexibility index (Phi) is 6.12. The molecule has 1 unspecified atom stereocenters. The van der Waals surface area contributed by atoms with E-state index in [2.05, 4.69) is 14.9 Å². The highest BCUT2D eigenvalue weighted by Crippen LogP contribution is 2.32. The smallest absolute Gasteiger partial charge is 0.497 e. The Hall–Kier alpha value is -3.76. The molecule has 33 heavy (non-hydrogen) atoms. The lowest BCUT2D eigenvalue weighted by atomic mass is 10.1. The van der Waals surface area contributed by atoms with Crippen LogP contribution in [0.25, 0.3) is 11.4 Å². The third-order valence-corrected chi connectivity index (χ3v) is 5.21. The number of aromatic nitrogens is 2. The number of amides is 1. The molecule has 1 aromatic heterocycles. The van der Waals surface area contributed by atoms with Gasteiger partial charge in [0.25, 0.3) is 0 Å². The molecule has 11 heteroatoms. The molecule has 1 atom stereocenters. The number of benzene rings is 2. The number of ether oxygens (including phenoxy) is 3. The van der Waals surface area contributed by atoms with Gasteiger partial charge in [-0.25, -0.2) is 0 Å². The molecule has 174 valence electrons. The molecule has 1 aliphatic heterocycles. The lowest BCUT2D eigenvalue weighted by molar-refractivity contribution is -0.274. The standard InChI is InChI=1S/C22H20F3N3O5/c1-30-17-8-5-14(18(10-17)31-2)11-28-12-15(9-19(28)29)21-26-20(27-33-21)13-3-6-16(7-4-13)32-22(23,24)25/h3-8,10,15H,9,11-12H2,1-2H3. The molecule has 1 amide bonds. The molecule has 2 heterocycles. The fraction of sp³-hybridized carbons (Fsp3) is 0.318. The lowest BCUT2D eigenvalue weighted by Crippen LogP contribution is -2.24. The van der Waals surface area contributed by atoms with E-state index >= 15 is 0 Å². The van der Waals surface area contributed by atoms with Crippen LogP contribution in [0, 0.1) is 0 Å².